The zero-order valence-electron chi connectivity index (χ0n) is 12.2. The summed E-state index contributed by atoms with van der Waals surface area (Å²) in [7, 11) is 0. The fourth-order valence-electron chi connectivity index (χ4n) is 1.37. The Kier molecular flexibility index (Phi) is 14.4. The molecule has 16 heavy (non-hydrogen) atoms. The molecule has 0 aliphatic rings. The van der Waals surface area contributed by atoms with Crippen molar-refractivity contribution in [3.63, 3.8) is 0 Å². The quantitative estimate of drug-likeness (QED) is 0.614. The normalized spacial score (nSPS) is 13.6. The number of hydrogen-bond acceptors (Lipinski definition) is 1. The Morgan fingerprint density at radius 2 is 1.69 bits per heavy atom. The van der Waals surface area contributed by atoms with E-state index in [1.807, 2.05) is 0 Å². The van der Waals surface area contributed by atoms with E-state index in [4.69, 9.17) is 5.73 Å². The fourth-order valence-corrected chi connectivity index (χ4v) is 1.37. The van der Waals surface area contributed by atoms with E-state index in [0.717, 1.165) is 18.8 Å². The van der Waals surface area contributed by atoms with Crippen LogP contribution in [0.5, 0.6) is 0 Å². The van der Waals surface area contributed by atoms with Crippen molar-refractivity contribution in [2.24, 2.45) is 11.7 Å². The third-order valence-electron chi connectivity index (χ3n) is 2.70. The van der Waals surface area contributed by atoms with Gasteiger partial charge in [0.15, 0.2) is 0 Å². The second-order valence-electron chi connectivity index (χ2n) is 4.83. The van der Waals surface area contributed by atoms with Gasteiger partial charge >= 0.3 is 0 Å². The largest absolute Gasteiger partial charge is 0.324 e. The van der Waals surface area contributed by atoms with Gasteiger partial charge < -0.3 is 5.73 Å². The summed E-state index contributed by atoms with van der Waals surface area (Å²) in [5, 5.41) is 0. The van der Waals surface area contributed by atoms with Crippen molar-refractivity contribution < 1.29 is 0 Å². The Morgan fingerprint density at radius 1 is 1.19 bits per heavy atom. The molecule has 2 atom stereocenters. The Hall–Kier alpha value is -0.300. The van der Waals surface area contributed by atoms with Gasteiger partial charge in [0.25, 0.3) is 0 Å². The molecule has 2 N–H and O–H groups in total. The van der Waals surface area contributed by atoms with Crippen LogP contribution in [0, 0.1) is 5.92 Å². The summed E-state index contributed by atoms with van der Waals surface area (Å²) in [5.41, 5.74) is 7.25. The first-order valence-electron chi connectivity index (χ1n) is 6.96. The van der Waals surface area contributed by atoms with Gasteiger partial charge in [-0.05, 0) is 18.8 Å². The lowest BCUT2D eigenvalue weighted by molar-refractivity contribution is 0.520. The van der Waals surface area contributed by atoms with E-state index in [-0.39, 0.29) is 6.04 Å². The molecule has 1 nitrogen and oxygen atoms in total. The molecule has 0 aromatic carbocycles. The molecule has 0 aromatic rings. The topological polar surface area (TPSA) is 26.0 Å². The van der Waals surface area contributed by atoms with Gasteiger partial charge in [0, 0.05) is 6.04 Å². The van der Waals surface area contributed by atoms with Crippen LogP contribution in [-0.2, 0) is 0 Å². The maximum absolute atomic E-state index is 6.01. The molecule has 0 spiro atoms. The van der Waals surface area contributed by atoms with Crippen LogP contribution in [0.3, 0.4) is 0 Å². The zero-order chi connectivity index (χ0) is 13.0. The molecular weight excluding hydrogens is 194 g/mol. The summed E-state index contributed by atoms with van der Waals surface area (Å²) in [6.07, 6.45) is 7.12. The molecule has 0 rings (SSSR count). The first kappa shape index (κ1) is 18.1. The van der Waals surface area contributed by atoms with Crippen LogP contribution in [0.15, 0.2) is 12.2 Å². The van der Waals surface area contributed by atoms with E-state index >= 15 is 0 Å². The molecule has 0 saturated carbocycles. The number of rotatable bonds is 7. The zero-order valence-corrected chi connectivity index (χ0v) is 12.2. The summed E-state index contributed by atoms with van der Waals surface area (Å²) < 4.78 is 0. The molecule has 2 unspecified atom stereocenters. The molecule has 0 fully saturated rings. The number of hydrogen-bond donors (Lipinski definition) is 1. The van der Waals surface area contributed by atoms with E-state index in [1.165, 1.54) is 31.3 Å². The van der Waals surface area contributed by atoms with Crippen molar-refractivity contribution in [1.82, 2.24) is 0 Å². The predicted octanol–water partition coefficient (Wildman–Crippen LogP) is 4.91. The number of nitrogens with two attached hydrogens (primary N) is 1. The van der Waals surface area contributed by atoms with Crippen molar-refractivity contribution in [1.29, 1.82) is 0 Å². The molecule has 0 amide bonds. The van der Waals surface area contributed by atoms with Crippen LogP contribution in [0.1, 0.15) is 73.1 Å². The second-order valence-corrected chi connectivity index (χ2v) is 4.83. The van der Waals surface area contributed by atoms with Gasteiger partial charge in [-0.15, -0.1) is 0 Å². The average molecular weight is 227 g/mol. The SMILES string of the molecule is C=C(CC(C)CC)C(N)CCCC.CCC. The Morgan fingerprint density at radius 3 is 2.06 bits per heavy atom. The van der Waals surface area contributed by atoms with Crippen LogP contribution in [0.4, 0.5) is 0 Å². The highest BCUT2D eigenvalue weighted by atomic mass is 14.6. The van der Waals surface area contributed by atoms with Gasteiger partial charge in [0.1, 0.15) is 0 Å². The average Bonchev–Trinajstić information content (AvgIpc) is 2.26. The first-order valence-corrected chi connectivity index (χ1v) is 6.96. The molecule has 0 bridgehead atoms. The predicted molar refractivity (Wildman–Crippen MR) is 76.7 cm³/mol. The first-order chi connectivity index (χ1) is 7.53. The highest BCUT2D eigenvalue weighted by Gasteiger charge is 2.09. The van der Waals surface area contributed by atoms with Crippen molar-refractivity contribution in [2.75, 3.05) is 0 Å². The van der Waals surface area contributed by atoms with Gasteiger partial charge in [-0.2, -0.15) is 0 Å². The maximum atomic E-state index is 6.01. The molecule has 0 aliphatic heterocycles. The van der Waals surface area contributed by atoms with Gasteiger partial charge in [-0.1, -0.05) is 72.5 Å². The minimum Gasteiger partial charge on any atom is -0.324 e. The third kappa shape index (κ3) is 11.8. The summed E-state index contributed by atoms with van der Waals surface area (Å²) >= 11 is 0. The summed E-state index contributed by atoms with van der Waals surface area (Å²) in [4.78, 5) is 0. The van der Waals surface area contributed by atoms with Gasteiger partial charge in [0.05, 0.1) is 0 Å². The monoisotopic (exact) mass is 227 g/mol. The Bertz CT molecular complexity index is 152. The second kappa shape index (κ2) is 12.8. The molecule has 0 saturated heterocycles. The summed E-state index contributed by atoms with van der Waals surface area (Å²) in [6.45, 7) is 15.0. The van der Waals surface area contributed by atoms with E-state index < -0.39 is 0 Å². The highest BCUT2D eigenvalue weighted by Crippen LogP contribution is 2.17. The summed E-state index contributed by atoms with van der Waals surface area (Å²) in [6, 6.07) is 0.231. The van der Waals surface area contributed by atoms with Crippen LogP contribution < -0.4 is 5.73 Å². The smallest absolute Gasteiger partial charge is 0.0250 e. The molecule has 0 aliphatic carbocycles. The lowest BCUT2D eigenvalue weighted by atomic mass is 9.93. The standard InChI is InChI=1S/C12H25N.C3H8/c1-5-7-8-12(13)11(4)9-10(3)6-2;1-3-2/h10,12H,4-9,13H2,1-3H3;3H2,1-2H3. The molecule has 0 heterocycles. The summed E-state index contributed by atoms with van der Waals surface area (Å²) in [5.74, 6) is 0.736. The molecule has 98 valence electrons. The number of unbranched alkanes of at least 4 members (excludes halogenated alkanes) is 1. The van der Waals surface area contributed by atoms with Crippen molar-refractivity contribution in [3.8, 4) is 0 Å². The molecule has 1 heteroatoms. The Balaban J connectivity index is 0. The van der Waals surface area contributed by atoms with Crippen molar-refractivity contribution in [2.45, 2.75) is 79.2 Å². The van der Waals surface area contributed by atoms with E-state index in [0.29, 0.717) is 0 Å². The van der Waals surface area contributed by atoms with Gasteiger partial charge in [-0.3, -0.25) is 0 Å². The van der Waals surface area contributed by atoms with Gasteiger partial charge in [0.2, 0.25) is 0 Å². The minimum absolute atomic E-state index is 0.231. The van der Waals surface area contributed by atoms with Gasteiger partial charge in [-0.25, -0.2) is 0 Å². The molecule has 0 aromatic heterocycles. The molecular formula is C15H33N. The maximum Gasteiger partial charge on any atom is 0.0250 e. The van der Waals surface area contributed by atoms with E-state index in [1.54, 1.807) is 0 Å². The van der Waals surface area contributed by atoms with Crippen LogP contribution in [0.25, 0.3) is 0 Å². The lowest BCUT2D eigenvalue weighted by Gasteiger charge is -2.17. The fraction of sp³-hybridized carbons (Fsp3) is 0.867. The third-order valence-corrected chi connectivity index (χ3v) is 2.70. The van der Waals surface area contributed by atoms with E-state index in [2.05, 4.69) is 41.2 Å². The highest BCUT2D eigenvalue weighted by molar-refractivity contribution is 5.04. The molecule has 0 radical (unpaired) electrons. The van der Waals surface area contributed by atoms with Crippen LogP contribution >= 0.6 is 0 Å². The van der Waals surface area contributed by atoms with Crippen molar-refractivity contribution in [3.05, 3.63) is 12.2 Å². The Labute approximate surface area is 104 Å². The van der Waals surface area contributed by atoms with Crippen molar-refractivity contribution >= 4 is 0 Å². The van der Waals surface area contributed by atoms with E-state index in [9.17, 15) is 0 Å². The lowest BCUT2D eigenvalue weighted by Crippen LogP contribution is -2.23. The van der Waals surface area contributed by atoms with Crippen LogP contribution in [0.2, 0.25) is 0 Å². The van der Waals surface area contributed by atoms with Crippen LogP contribution in [-0.4, -0.2) is 6.04 Å². The minimum atomic E-state index is 0.231.